The fourth-order valence-corrected chi connectivity index (χ4v) is 11.0. The van der Waals surface area contributed by atoms with Crippen molar-refractivity contribution < 1.29 is 28.8 Å². The number of nitrogens with zero attached hydrogens (tertiary/aromatic N) is 3. The van der Waals surface area contributed by atoms with Crippen LogP contribution in [0.3, 0.4) is 0 Å². The van der Waals surface area contributed by atoms with Crippen molar-refractivity contribution in [3.05, 3.63) is 284 Å². The molecule has 9 aromatic rings. The summed E-state index contributed by atoms with van der Waals surface area (Å²) < 4.78 is 0. The molecule has 18 nitrogen and oxygen atoms in total. The summed E-state index contributed by atoms with van der Waals surface area (Å²) in [6, 6.07) is 61.8. The second kappa shape index (κ2) is 32.8. The number of likely N-dealkylation sites (tertiary alicyclic amines) is 3. The Morgan fingerprint density at radius 2 is 0.490 bits per heavy atom. The van der Waals surface area contributed by atoms with Gasteiger partial charge >= 0.3 is 0 Å². The van der Waals surface area contributed by atoms with E-state index in [1.54, 1.807) is 218 Å². The third-order valence-electron chi connectivity index (χ3n) is 16.1. The van der Waals surface area contributed by atoms with Crippen molar-refractivity contribution in [2.24, 2.45) is 0 Å². The molecule has 6 amide bonds. The first-order valence-corrected chi connectivity index (χ1v) is 32.4. The monoisotopic (exact) mass is 1340 g/mol. The lowest BCUT2D eigenvalue weighted by Crippen LogP contribution is -2.42. The van der Waals surface area contributed by atoms with Gasteiger partial charge in [0.1, 0.15) is 17.5 Å². The van der Waals surface area contributed by atoms with E-state index >= 15 is 0 Å². The number of amidine groups is 3. The van der Waals surface area contributed by atoms with Crippen molar-refractivity contribution in [3.63, 3.8) is 0 Å². The molecule has 0 aromatic heterocycles. The number of hydrogen-bond donors (Lipinski definition) is 9. The molecule has 3 heterocycles. The van der Waals surface area contributed by atoms with E-state index in [1.165, 1.54) is 6.42 Å². The Hall–Kier alpha value is -10.9. The molecule has 0 atom stereocenters. The van der Waals surface area contributed by atoms with Crippen molar-refractivity contribution >= 4 is 122 Å². The van der Waals surface area contributed by atoms with E-state index in [1.807, 2.05) is 9.80 Å². The van der Waals surface area contributed by atoms with Gasteiger partial charge in [-0.25, -0.2) is 0 Å². The minimum Gasteiger partial charge on any atom is -0.357 e. The van der Waals surface area contributed by atoms with Crippen molar-refractivity contribution in [3.8, 4) is 0 Å². The number of anilines is 6. The van der Waals surface area contributed by atoms with E-state index in [0.717, 1.165) is 88.1 Å². The van der Waals surface area contributed by atoms with Crippen molar-refractivity contribution in [1.82, 2.24) is 14.7 Å². The molecule has 96 heavy (non-hydrogen) atoms. The molecule has 3 saturated heterocycles. The number of benzene rings is 9. The summed E-state index contributed by atoms with van der Waals surface area (Å²) in [5.74, 6) is -0.526. The minimum atomic E-state index is -0.337. The van der Waals surface area contributed by atoms with Crippen LogP contribution < -0.4 is 31.9 Å². The number of rotatable bonds is 15. The topological polar surface area (TPSA) is 256 Å². The molecule has 21 heteroatoms. The number of amides is 6. The summed E-state index contributed by atoms with van der Waals surface area (Å²) in [5.41, 5.74) is 7.83. The lowest BCUT2D eigenvalue weighted by atomic mass is 10.1. The number of piperidine rings is 1. The summed E-state index contributed by atoms with van der Waals surface area (Å²) >= 11 is 17.7. The number of halogens is 3. The number of nitrogens with one attached hydrogen (secondary N) is 9. The van der Waals surface area contributed by atoms with E-state index in [2.05, 4.69) is 36.8 Å². The molecule has 0 aliphatic carbocycles. The molecule has 486 valence electrons. The van der Waals surface area contributed by atoms with Gasteiger partial charge in [-0.15, -0.1) is 0 Å². The van der Waals surface area contributed by atoms with E-state index in [4.69, 9.17) is 51.0 Å². The largest absolute Gasteiger partial charge is 0.357 e. The van der Waals surface area contributed by atoms with Crippen LogP contribution in [0.4, 0.5) is 34.1 Å². The van der Waals surface area contributed by atoms with Gasteiger partial charge < -0.3 is 46.6 Å². The molecular formula is C75H69Cl3N12O6. The van der Waals surface area contributed by atoms with Crippen LogP contribution in [0.2, 0.25) is 15.1 Å². The second-order valence-corrected chi connectivity index (χ2v) is 24.1. The zero-order chi connectivity index (χ0) is 67.5. The summed E-state index contributed by atoms with van der Waals surface area (Å²) in [6.45, 7) is 5.39. The maximum absolute atomic E-state index is 12.8. The summed E-state index contributed by atoms with van der Waals surface area (Å²) in [7, 11) is 0. The van der Waals surface area contributed by atoms with Crippen LogP contribution in [0, 0.1) is 16.2 Å². The quantitative estimate of drug-likeness (QED) is 0.0349. The third kappa shape index (κ3) is 18.3. The van der Waals surface area contributed by atoms with Gasteiger partial charge in [0.05, 0.1) is 33.8 Å². The second-order valence-electron chi connectivity index (χ2n) is 22.7. The average molecular weight is 1340 g/mol. The highest BCUT2D eigenvalue weighted by atomic mass is 35.5. The van der Waals surface area contributed by atoms with Gasteiger partial charge in [0.25, 0.3) is 35.4 Å². The zero-order valence-electron chi connectivity index (χ0n) is 52.2. The number of carbonyl (C=O) groups is 6. The van der Waals surface area contributed by atoms with Gasteiger partial charge in [0, 0.05) is 105 Å². The Kier molecular flexibility index (Phi) is 23.2. The fourth-order valence-electron chi connectivity index (χ4n) is 10.6. The third-order valence-corrected chi connectivity index (χ3v) is 16.9. The SMILES string of the molecule is N=C(c1ccc(C(=O)Nc2ccccc2C(=O)Nc2ccc(Cl)cc2)cc1)N1CCC1.N=C(c1ccc(C(=O)Nc2ccccc2C(=O)Nc2ccc(Cl)cc2)cc1)N1CCCC1.N=C(c1ccc(C(=O)Nc2ccccc2C(=O)Nc2ccc(Cl)cc2)cc1)N1CCCCC1. The van der Waals surface area contributed by atoms with Gasteiger partial charge in [0.2, 0.25) is 0 Å². The number of hydrogen-bond acceptors (Lipinski definition) is 9. The fraction of sp³-hybridized carbons (Fsp3) is 0.160. The van der Waals surface area contributed by atoms with Gasteiger partial charge in [-0.1, -0.05) is 108 Å². The number of para-hydroxylation sites is 3. The molecule has 9 aromatic carbocycles. The molecule has 3 aliphatic heterocycles. The Bertz CT molecular complexity index is 4290. The average Bonchev–Trinajstić information content (AvgIpc) is 0.911. The van der Waals surface area contributed by atoms with Gasteiger partial charge in [-0.3, -0.25) is 45.0 Å². The maximum atomic E-state index is 12.8. The lowest BCUT2D eigenvalue weighted by Gasteiger charge is -2.33. The first-order chi connectivity index (χ1) is 46.5. The maximum Gasteiger partial charge on any atom is 0.257 e. The molecule has 0 unspecified atom stereocenters. The predicted molar refractivity (Wildman–Crippen MR) is 384 cm³/mol. The van der Waals surface area contributed by atoms with Gasteiger partial charge in [-0.05, 0) is 184 Å². The van der Waals surface area contributed by atoms with Crippen LogP contribution in [0.5, 0.6) is 0 Å². The van der Waals surface area contributed by atoms with E-state index in [9.17, 15) is 28.8 Å². The van der Waals surface area contributed by atoms with Gasteiger partial charge in [0.15, 0.2) is 0 Å². The molecule has 0 bridgehead atoms. The highest BCUT2D eigenvalue weighted by molar-refractivity contribution is 6.31. The highest BCUT2D eigenvalue weighted by Crippen LogP contribution is 2.26. The molecule has 12 rings (SSSR count). The van der Waals surface area contributed by atoms with E-state index in [0.29, 0.717) is 100 Å². The summed E-state index contributed by atoms with van der Waals surface area (Å²) in [6.07, 6.45) is 6.74. The smallest absolute Gasteiger partial charge is 0.257 e. The lowest BCUT2D eigenvalue weighted by molar-refractivity contribution is 0.101. The summed E-state index contributed by atoms with van der Waals surface area (Å²) in [5, 5.41) is 43.6. The predicted octanol–water partition coefficient (Wildman–Crippen LogP) is 15.8. The first-order valence-electron chi connectivity index (χ1n) is 31.3. The molecule has 0 radical (unpaired) electrons. The Labute approximate surface area is 571 Å². The Balaban J connectivity index is 0.000000157. The normalized spacial score (nSPS) is 13.0. The van der Waals surface area contributed by atoms with Crippen LogP contribution in [0.25, 0.3) is 0 Å². The molecule has 3 fully saturated rings. The van der Waals surface area contributed by atoms with Crippen LogP contribution in [-0.2, 0) is 0 Å². The first kappa shape index (κ1) is 68.0. The number of carbonyl (C=O) groups excluding carboxylic acids is 6. The minimum absolute atomic E-state index is 0.321. The van der Waals surface area contributed by atoms with Crippen molar-refractivity contribution in [1.29, 1.82) is 16.2 Å². The van der Waals surface area contributed by atoms with Gasteiger partial charge in [-0.2, -0.15) is 0 Å². The molecule has 9 N–H and O–H groups in total. The Morgan fingerprint density at radius 3 is 0.740 bits per heavy atom. The highest BCUT2D eigenvalue weighted by Gasteiger charge is 2.23. The molecule has 0 spiro atoms. The zero-order valence-corrected chi connectivity index (χ0v) is 54.5. The van der Waals surface area contributed by atoms with Crippen molar-refractivity contribution in [2.75, 3.05) is 71.2 Å². The van der Waals surface area contributed by atoms with E-state index in [-0.39, 0.29) is 35.4 Å². The van der Waals surface area contributed by atoms with E-state index < -0.39 is 0 Å². The van der Waals surface area contributed by atoms with Crippen LogP contribution in [-0.4, -0.2) is 107 Å². The van der Waals surface area contributed by atoms with Crippen LogP contribution in [0.1, 0.15) is 117 Å². The van der Waals surface area contributed by atoms with Crippen LogP contribution in [0.15, 0.2) is 218 Å². The summed E-state index contributed by atoms with van der Waals surface area (Å²) in [4.78, 5) is 82.8. The Morgan fingerprint density at radius 1 is 0.260 bits per heavy atom. The molecular weight excluding hydrogens is 1270 g/mol. The van der Waals surface area contributed by atoms with Crippen molar-refractivity contribution in [2.45, 2.75) is 38.5 Å². The molecule has 0 saturated carbocycles. The molecule has 3 aliphatic rings. The van der Waals surface area contributed by atoms with Crippen LogP contribution >= 0.6 is 34.8 Å². The standard InChI is InChI=1S/C26H25ClN4O2.C25H23ClN4O2.C24H21ClN4O2/c27-20-12-14-21(15-13-20)29-26(33)22-6-2-3-7-23(22)30-25(32)19-10-8-18(9-11-19)24(28)31-16-4-1-5-17-31;26-19-11-13-20(14-12-19)28-25(32)21-5-1-2-6-22(21)29-24(31)18-9-7-17(8-10-18)23(27)30-15-3-4-16-30;25-18-10-12-19(13-11-18)27-24(31)20-4-1-2-5-21(20)28-23(30)17-8-6-16(7-9-17)22(26)29-14-3-15-29/h2-3,6-15,28H,1,4-5,16-17H2,(H,29,33)(H,30,32);1-2,5-14,27H,3-4,15-16H2,(H,28,32)(H,29,31);1-2,4-13,26H,3,14-15H2,(H,27,31)(H,28,30).